The van der Waals surface area contributed by atoms with Gasteiger partial charge in [0.15, 0.2) is 5.60 Å². The Balaban J connectivity index is 2.83. The molecule has 1 N–H and O–H groups in total. The zero-order chi connectivity index (χ0) is 15.1. The molecule has 1 saturated carbocycles. The third-order valence-electron chi connectivity index (χ3n) is 3.34. The van der Waals surface area contributed by atoms with Crippen LogP contribution in [0.1, 0.15) is 33.1 Å². The third-order valence-corrected chi connectivity index (χ3v) is 3.86. The molecule has 0 bridgehead atoms. The Kier molecular flexibility index (Phi) is 4.27. The van der Waals surface area contributed by atoms with Gasteiger partial charge in [-0.2, -0.15) is 13.2 Å². The van der Waals surface area contributed by atoms with Crippen molar-refractivity contribution in [2.24, 2.45) is 0 Å². The van der Waals surface area contributed by atoms with Gasteiger partial charge in [0.05, 0.1) is 5.38 Å². The smallest absolute Gasteiger partial charge is 0.418 e. The molecule has 1 fully saturated rings. The van der Waals surface area contributed by atoms with Crippen molar-refractivity contribution < 1.29 is 27.8 Å². The molecular formula is C12H16ClF3O3. The summed E-state index contributed by atoms with van der Waals surface area (Å²) in [6, 6.07) is 0. The Morgan fingerprint density at radius 2 is 2.00 bits per heavy atom. The summed E-state index contributed by atoms with van der Waals surface area (Å²) in [4.78, 5) is 11.4. The van der Waals surface area contributed by atoms with Gasteiger partial charge in [-0.05, 0) is 26.7 Å². The fraction of sp³-hybridized carbons (Fsp3) is 0.750. The van der Waals surface area contributed by atoms with Crippen LogP contribution in [0.25, 0.3) is 0 Å². The monoisotopic (exact) mass is 300 g/mol. The SMILES string of the molecule is C=C(C)C(=O)OC1(C)CCC(O)(C(F)(F)F)C(Cl)C1. The summed E-state index contributed by atoms with van der Waals surface area (Å²) in [5, 5.41) is 8.07. The molecule has 0 radical (unpaired) electrons. The molecule has 0 amide bonds. The van der Waals surface area contributed by atoms with Gasteiger partial charge in [0.2, 0.25) is 0 Å². The first-order valence-electron chi connectivity index (χ1n) is 5.73. The van der Waals surface area contributed by atoms with Crippen LogP contribution in [0, 0.1) is 0 Å². The second kappa shape index (κ2) is 4.98. The van der Waals surface area contributed by atoms with E-state index in [0.717, 1.165) is 0 Å². The molecule has 110 valence electrons. The predicted molar refractivity (Wildman–Crippen MR) is 63.8 cm³/mol. The number of halogens is 4. The van der Waals surface area contributed by atoms with Gasteiger partial charge < -0.3 is 9.84 Å². The molecule has 0 aromatic rings. The minimum absolute atomic E-state index is 0.120. The van der Waals surface area contributed by atoms with E-state index in [-0.39, 0.29) is 18.4 Å². The Hall–Kier alpha value is -0.750. The molecule has 0 aromatic carbocycles. The highest BCUT2D eigenvalue weighted by Crippen LogP contribution is 2.48. The average molecular weight is 301 g/mol. The summed E-state index contributed by atoms with van der Waals surface area (Å²) < 4.78 is 43.4. The van der Waals surface area contributed by atoms with Gasteiger partial charge in [-0.15, -0.1) is 11.6 Å². The predicted octanol–water partition coefficient (Wildman–Crippen LogP) is 2.95. The van der Waals surface area contributed by atoms with Crippen LogP contribution >= 0.6 is 11.6 Å². The lowest BCUT2D eigenvalue weighted by Crippen LogP contribution is -2.59. The van der Waals surface area contributed by atoms with Crippen LogP contribution in [0.5, 0.6) is 0 Å². The molecule has 0 aromatic heterocycles. The molecule has 0 spiro atoms. The highest BCUT2D eigenvalue weighted by atomic mass is 35.5. The number of carbonyl (C=O) groups is 1. The number of rotatable bonds is 2. The van der Waals surface area contributed by atoms with Crippen LogP contribution in [-0.4, -0.2) is 33.8 Å². The van der Waals surface area contributed by atoms with E-state index in [2.05, 4.69) is 6.58 Å². The summed E-state index contributed by atoms with van der Waals surface area (Å²) in [7, 11) is 0. The maximum absolute atomic E-state index is 12.8. The van der Waals surface area contributed by atoms with Crippen molar-refractivity contribution >= 4 is 17.6 Å². The van der Waals surface area contributed by atoms with E-state index in [4.69, 9.17) is 16.3 Å². The van der Waals surface area contributed by atoms with E-state index in [1.165, 1.54) is 13.8 Å². The molecule has 0 saturated heterocycles. The quantitative estimate of drug-likeness (QED) is 0.484. The van der Waals surface area contributed by atoms with Gasteiger partial charge in [-0.1, -0.05) is 6.58 Å². The van der Waals surface area contributed by atoms with Gasteiger partial charge in [0.1, 0.15) is 5.60 Å². The molecule has 7 heteroatoms. The van der Waals surface area contributed by atoms with Gasteiger partial charge in [-0.25, -0.2) is 4.79 Å². The standard InChI is InChI=1S/C12H16ClF3O3/c1-7(2)9(17)19-10(3)4-5-11(18,8(13)6-10)12(14,15)16/h8,18H,1,4-6H2,2-3H3. The molecule has 19 heavy (non-hydrogen) atoms. The average Bonchev–Trinajstić information content (AvgIpc) is 2.22. The summed E-state index contributed by atoms with van der Waals surface area (Å²) in [5.41, 5.74) is -3.91. The van der Waals surface area contributed by atoms with E-state index in [9.17, 15) is 23.1 Å². The van der Waals surface area contributed by atoms with Crippen molar-refractivity contribution in [3.63, 3.8) is 0 Å². The van der Waals surface area contributed by atoms with Gasteiger partial charge in [-0.3, -0.25) is 0 Å². The number of ether oxygens (including phenoxy) is 1. The number of hydrogen-bond acceptors (Lipinski definition) is 3. The van der Waals surface area contributed by atoms with Crippen LogP contribution in [0.4, 0.5) is 13.2 Å². The van der Waals surface area contributed by atoms with Crippen molar-refractivity contribution in [2.45, 2.75) is 55.9 Å². The molecule has 1 aliphatic rings. The van der Waals surface area contributed by atoms with Crippen molar-refractivity contribution in [1.29, 1.82) is 0 Å². The lowest BCUT2D eigenvalue weighted by Gasteiger charge is -2.45. The van der Waals surface area contributed by atoms with Gasteiger partial charge >= 0.3 is 12.1 Å². The van der Waals surface area contributed by atoms with Crippen LogP contribution < -0.4 is 0 Å². The maximum atomic E-state index is 12.8. The number of aliphatic hydroxyl groups is 1. The van der Waals surface area contributed by atoms with E-state index in [0.29, 0.717) is 0 Å². The van der Waals surface area contributed by atoms with E-state index < -0.39 is 35.1 Å². The van der Waals surface area contributed by atoms with Crippen molar-refractivity contribution in [1.82, 2.24) is 0 Å². The van der Waals surface area contributed by atoms with Crippen LogP contribution in [0.15, 0.2) is 12.2 Å². The molecule has 0 aliphatic heterocycles. The van der Waals surface area contributed by atoms with E-state index in [1.54, 1.807) is 0 Å². The molecule has 3 unspecified atom stereocenters. The molecule has 1 rings (SSSR count). The number of carbonyl (C=O) groups excluding carboxylic acids is 1. The van der Waals surface area contributed by atoms with E-state index in [1.807, 2.05) is 0 Å². The third kappa shape index (κ3) is 3.23. The fourth-order valence-electron chi connectivity index (χ4n) is 1.98. The van der Waals surface area contributed by atoms with Crippen LogP contribution in [0.2, 0.25) is 0 Å². The summed E-state index contributed by atoms with van der Waals surface area (Å²) >= 11 is 5.67. The van der Waals surface area contributed by atoms with Crippen molar-refractivity contribution in [3.05, 3.63) is 12.2 Å². The lowest BCUT2D eigenvalue weighted by atomic mass is 9.76. The van der Waals surface area contributed by atoms with Crippen molar-refractivity contribution in [2.75, 3.05) is 0 Å². The number of hydrogen-bond donors (Lipinski definition) is 1. The molecular weight excluding hydrogens is 285 g/mol. The minimum atomic E-state index is -4.81. The first kappa shape index (κ1) is 16.3. The first-order chi connectivity index (χ1) is 8.41. The number of alkyl halides is 4. The molecule has 3 atom stereocenters. The maximum Gasteiger partial charge on any atom is 0.418 e. The second-order valence-electron chi connectivity index (χ2n) is 5.21. The van der Waals surface area contributed by atoms with Gasteiger partial charge in [0.25, 0.3) is 0 Å². The summed E-state index contributed by atoms with van der Waals surface area (Å²) in [5.74, 6) is -0.677. The molecule has 3 nitrogen and oxygen atoms in total. The minimum Gasteiger partial charge on any atom is -0.456 e. The summed E-state index contributed by atoms with van der Waals surface area (Å²) in [6.07, 6.45) is -5.81. The zero-order valence-electron chi connectivity index (χ0n) is 10.7. The molecule has 1 aliphatic carbocycles. The topological polar surface area (TPSA) is 46.5 Å². The van der Waals surface area contributed by atoms with E-state index >= 15 is 0 Å². The molecule has 0 heterocycles. The lowest BCUT2D eigenvalue weighted by molar-refractivity contribution is -0.276. The Morgan fingerprint density at radius 3 is 2.37 bits per heavy atom. The Bertz CT molecular complexity index is 396. The number of esters is 1. The van der Waals surface area contributed by atoms with Crippen molar-refractivity contribution in [3.8, 4) is 0 Å². The highest BCUT2D eigenvalue weighted by Gasteiger charge is 2.62. The summed E-state index contributed by atoms with van der Waals surface area (Å²) in [6.45, 7) is 6.34. The normalized spacial score (nSPS) is 35.8. The van der Waals surface area contributed by atoms with Gasteiger partial charge in [0, 0.05) is 12.0 Å². The van der Waals surface area contributed by atoms with Crippen LogP contribution in [-0.2, 0) is 9.53 Å². The Labute approximate surface area is 114 Å². The first-order valence-corrected chi connectivity index (χ1v) is 6.17. The fourth-order valence-corrected chi connectivity index (χ4v) is 2.54. The highest BCUT2D eigenvalue weighted by molar-refractivity contribution is 6.21. The largest absolute Gasteiger partial charge is 0.456 e. The second-order valence-corrected chi connectivity index (χ2v) is 5.74. The Morgan fingerprint density at radius 1 is 1.47 bits per heavy atom. The van der Waals surface area contributed by atoms with Crippen LogP contribution in [0.3, 0.4) is 0 Å². The zero-order valence-corrected chi connectivity index (χ0v) is 11.4.